The first-order valence-electron chi connectivity index (χ1n) is 2.98. The Kier molecular flexibility index (Phi) is 4.58. The highest BCUT2D eigenvalue weighted by Gasteiger charge is 1.98. The molecule has 0 aliphatic heterocycles. The zero-order valence-electron chi connectivity index (χ0n) is 5.85. The lowest BCUT2D eigenvalue weighted by molar-refractivity contribution is -0.118. The predicted octanol–water partition coefficient (Wildman–Crippen LogP) is 0.734. The van der Waals surface area contributed by atoms with Gasteiger partial charge in [0.15, 0.2) is 0 Å². The van der Waals surface area contributed by atoms with Crippen LogP contribution in [-0.2, 0) is 15.6 Å². The zero-order valence-corrected chi connectivity index (χ0v) is 6.66. The van der Waals surface area contributed by atoms with Crippen LogP contribution in [0.3, 0.4) is 0 Å². The molecule has 1 atom stereocenters. The molecule has 0 aliphatic carbocycles. The Hall–Kier alpha value is -0.180. The molecule has 0 saturated carbocycles. The maximum absolute atomic E-state index is 10.6. The van der Waals surface area contributed by atoms with Gasteiger partial charge in [-0.2, -0.15) is 0 Å². The van der Waals surface area contributed by atoms with Crippen molar-refractivity contribution in [2.75, 3.05) is 12.0 Å². The third-order valence-corrected chi connectivity index (χ3v) is 1.84. The fourth-order valence-corrected chi connectivity index (χ4v) is 0.949. The molecule has 0 saturated heterocycles. The zero-order chi connectivity index (χ0) is 7.28. The van der Waals surface area contributed by atoms with Crippen LogP contribution in [0.1, 0.15) is 19.8 Å². The van der Waals surface area contributed by atoms with Crippen LogP contribution in [0.25, 0.3) is 0 Å². The molecule has 0 aromatic heterocycles. The second-order valence-electron chi connectivity index (χ2n) is 1.92. The van der Waals surface area contributed by atoms with Gasteiger partial charge in [-0.15, -0.1) is 0 Å². The summed E-state index contributed by atoms with van der Waals surface area (Å²) in [5, 5.41) is 0. The Morgan fingerprint density at radius 2 is 2.11 bits per heavy atom. The van der Waals surface area contributed by atoms with E-state index in [1.807, 2.05) is 6.92 Å². The molecule has 0 N–H and O–H groups in total. The van der Waals surface area contributed by atoms with Gasteiger partial charge in [-0.05, 0) is 0 Å². The summed E-state index contributed by atoms with van der Waals surface area (Å²) in [4.78, 5) is 10.6. The van der Waals surface area contributed by atoms with E-state index >= 15 is 0 Å². The van der Waals surface area contributed by atoms with Crippen molar-refractivity contribution in [1.29, 1.82) is 0 Å². The summed E-state index contributed by atoms with van der Waals surface area (Å²) in [5.74, 6) is 0.720. The molecule has 0 bridgehead atoms. The topological polar surface area (TPSA) is 34.1 Å². The van der Waals surface area contributed by atoms with Gasteiger partial charge in [0.05, 0.1) is 0 Å². The van der Waals surface area contributed by atoms with E-state index in [1.165, 1.54) is 0 Å². The minimum absolute atomic E-state index is 0.199. The molecule has 0 rings (SSSR count). The van der Waals surface area contributed by atoms with Gasteiger partial charge in [-0.25, -0.2) is 0 Å². The molecule has 0 aliphatic rings. The summed E-state index contributed by atoms with van der Waals surface area (Å²) in [6.07, 6.45) is 2.65. The van der Waals surface area contributed by atoms with Gasteiger partial charge in [0.1, 0.15) is 5.78 Å². The van der Waals surface area contributed by atoms with Gasteiger partial charge in [0, 0.05) is 35.6 Å². The van der Waals surface area contributed by atoms with E-state index in [0.29, 0.717) is 18.6 Å². The van der Waals surface area contributed by atoms with Gasteiger partial charge < -0.3 is 0 Å². The molecular formula is C6H12O2S. The number of hydrogen-bond donors (Lipinski definition) is 0. The Morgan fingerprint density at radius 3 is 2.44 bits per heavy atom. The average Bonchev–Trinajstić information content (AvgIpc) is 1.83. The number of carbonyl (C=O) groups excluding carboxylic acids is 1. The first-order valence-corrected chi connectivity index (χ1v) is 4.71. The highest BCUT2D eigenvalue weighted by atomic mass is 32.2. The number of carbonyl (C=O) groups is 1. The van der Waals surface area contributed by atoms with Crippen molar-refractivity contribution >= 4 is 16.6 Å². The third kappa shape index (κ3) is 5.69. The summed E-state index contributed by atoms with van der Waals surface area (Å²) < 4.78 is 10.4. The number of hydrogen-bond acceptors (Lipinski definition) is 2. The van der Waals surface area contributed by atoms with E-state index in [1.54, 1.807) is 6.26 Å². The van der Waals surface area contributed by atoms with Crippen molar-refractivity contribution in [2.45, 2.75) is 19.8 Å². The fraction of sp³-hybridized carbons (Fsp3) is 0.833. The van der Waals surface area contributed by atoms with Gasteiger partial charge in [0.2, 0.25) is 0 Å². The van der Waals surface area contributed by atoms with Crippen LogP contribution in [-0.4, -0.2) is 22.0 Å². The van der Waals surface area contributed by atoms with Crippen molar-refractivity contribution in [3.63, 3.8) is 0 Å². The summed E-state index contributed by atoms with van der Waals surface area (Å²) in [7, 11) is -0.809. The van der Waals surface area contributed by atoms with Crippen LogP contribution in [0.15, 0.2) is 0 Å². The summed E-state index contributed by atoms with van der Waals surface area (Å²) >= 11 is 0. The summed E-state index contributed by atoms with van der Waals surface area (Å²) in [6, 6.07) is 0. The molecule has 9 heavy (non-hydrogen) atoms. The van der Waals surface area contributed by atoms with Gasteiger partial charge in [-0.1, -0.05) is 6.92 Å². The van der Waals surface area contributed by atoms with Crippen molar-refractivity contribution in [2.24, 2.45) is 0 Å². The minimum atomic E-state index is -0.809. The maximum atomic E-state index is 10.6. The minimum Gasteiger partial charge on any atom is -0.300 e. The van der Waals surface area contributed by atoms with Crippen LogP contribution >= 0.6 is 0 Å². The van der Waals surface area contributed by atoms with E-state index in [0.717, 1.165) is 0 Å². The van der Waals surface area contributed by atoms with Crippen LogP contribution in [0.5, 0.6) is 0 Å². The Balaban J connectivity index is 3.28. The van der Waals surface area contributed by atoms with E-state index < -0.39 is 10.8 Å². The molecular weight excluding hydrogens is 136 g/mol. The molecule has 0 heterocycles. The first-order chi connectivity index (χ1) is 4.16. The van der Waals surface area contributed by atoms with Gasteiger partial charge in [0.25, 0.3) is 0 Å². The largest absolute Gasteiger partial charge is 0.300 e. The second kappa shape index (κ2) is 4.68. The lowest BCUT2D eigenvalue weighted by atomic mass is 10.2. The lowest BCUT2D eigenvalue weighted by Gasteiger charge is -1.92. The molecule has 0 fully saturated rings. The third-order valence-electron chi connectivity index (χ3n) is 1.06. The Morgan fingerprint density at radius 1 is 1.56 bits per heavy atom. The molecule has 0 spiro atoms. The van der Waals surface area contributed by atoms with Crippen LogP contribution in [0.2, 0.25) is 0 Å². The maximum Gasteiger partial charge on any atom is 0.133 e. The fourth-order valence-electron chi connectivity index (χ4n) is 0.434. The first kappa shape index (κ1) is 8.82. The molecule has 2 nitrogen and oxygen atoms in total. The van der Waals surface area contributed by atoms with E-state index in [2.05, 4.69) is 0 Å². The smallest absolute Gasteiger partial charge is 0.133 e. The SMILES string of the molecule is CCC(=O)CCS(C)=O. The molecule has 0 radical (unpaired) electrons. The van der Waals surface area contributed by atoms with Crippen molar-refractivity contribution in [3.05, 3.63) is 0 Å². The van der Waals surface area contributed by atoms with Crippen molar-refractivity contribution in [1.82, 2.24) is 0 Å². The molecule has 0 amide bonds. The standard InChI is InChI=1S/C6H12O2S/c1-3-6(7)4-5-9(2)8/h3-5H2,1-2H3. The van der Waals surface area contributed by atoms with E-state index in [9.17, 15) is 9.00 Å². The lowest BCUT2D eigenvalue weighted by Crippen LogP contribution is -2.02. The van der Waals surface area contributed by atoms with Crippen molar-refractivity contribution < 1.29 is 9.00 Å². The normalized spacial score (nSPS) is 13.1. The summed E-state index contributed by atoms with van der Waals surface area (Å²) in [5.41, 5.74) is 0. The highest BCUT2D eigenvalue weighted by Crippen LogP contribution is 1.89. The molecule has 0 aromatic carbocycles. The van der Waals surface area contributed by atoms with E-state index in [4.69, 9.17) is 0 Å². The average molecular weight is 148 g/mol. The van der Waals surface area contributed by atoms with Crippen LogP contribution in [0, 0.1) is 0 Å². The molecule has 0 aromatic rings. The molecule has 54 valence electrons. The Labute approximate surface area is 58.1 Å². The molecule has 3 heteroatoms. The number of rotatable bonds is 4. The Bertz CT molecular complexity index is 120. The van der Waals surface area contributed by atoms with Gasteiger partial charge >= 0.3 is 0 Å². The van der Waals surface area contributed by atoms with Gasteiger partial charge in [-0.3, -0.25) is 9.00 Å². The number of Topliss-reactive ketones (excluding diaryl/α,β-unsaturated/α-hetero) is 1. The van der Waals surface area contributed by atoms with Crippen LogP contribution in [0.4, 0.5) is 0 Å². The monoisotopic (exact) mass is 148 g/mol. The summed E-state index contributed by atoms with van der Waals surface area (Å²) in [6.45, 7) is 1.82. The quantitative estimate of drug-likeness (QED) is 0.589. The molecule has 1 unspecified atom stereocenters. The van der Waals surface area contributed by atoms with E-state index in [-0.39, 0.29) is 5.78 Å². The van der Waals surface area contributed by atoms with Crippen LogP contribution < -0.4 is 0 Å². The number of ketones is 1. The van der Waals surface area contributed by atoms with Crippen molar-refractivity contribution in [3.8, 4) is 0 Å². The predicted molar refractivity (Wildman–Crippen MR) is 38.8 cm³/mol. The second-order valence-corrected chi connectivity index (χ2v) is 3.47. The highest BCUT2D eigenvalue weighted by molar-refractivity contribution is 7.84.